The van der Waals surface area contributed by atoms with Gasteiger partial charge < -0.3 is 5.32 Å². The minimum Gasteiger partial charge on any atom is -0.309 e. The minimum absolute atomic E-state index is 0.251. The second-order valence-corrected chi connectivity index (χ2v) is 5.96. The van der Waals surface area contributed by atoms with E-state index in [1.165, 1.54) is 18.4 Å². The van der Waals surface area contributed by atoms with Crippen LogP contribution < -0.4 is 5.32 Å². The number of nitrogens with one attached hydrogen (secondary N) is 1. The predicted octanol–water partition coefficient (Wildman–Crippen LogP) is 3.85. The average molecular weight is 262 g/mol. The normalized spacial score (nSPS) is 13.8. The van der Waals surface area contributed by atoms with Crippen LogP contribution in [-0.2, 0) is 0 Å². The predicted molar refractivity (Wildman–Crippen MR) is 84.5 cm³/mol. The Labute approximate surface area is 119 Å². The molecule has 0 bridgehead atoms. The van der Waals surface area contributed by atoms with E-state index in [4.69, 9.17) is 0 Å². The standard InChI is InChI=1S/C17H30N2/c1-6-13-18-16(15-11-9-8-10-12-15)14-19(5)17(3,4)7-2/h8-12,16,18H,6-7,13-14H2,1-5H3. The largest absolute Gasteiger partial charge is 0.309 e. The van der Waals surface area contributed by atoms with Gasteiger partial charge in [0.2, 0.25) is 0 Å². The highest BCUT2D eigenvalue weighted by atomic mass is 15.2. The zero-order valence-corrected chi connectivity index (χ0v) is 13.2. The summed E-state index contributed by atoms with van der Waals surface area (Å²) in [4.78, 5) is 2.47. The molecule has 0 aliphatic heterocycles. The molecule has 1 aromatic carbocycles. The van der Waals surface area contributed by atoms with Crippen LogP contribution in [0.4, 0.5) is 0 Å². The molecule has 0 heterocycles. The molecule has 1 aromatic rings. The monoisotopic (exact) mass is 262 g/mol. The van der Waals surface area contributed by atoms with Gasteiger partial charge in [0.1, 0.15) is 0 Å². The van der Waals surface area contributed by atoms with Crippen molar-refractivity contribution >= 4 is 0 Å². The quantitative estimate of drug-likeness (QED) is 0.765. The van der Waals surface area contributed by atoms with Crippen molar-refractivity contribution in [2.75, 3.05) is 20.1 Å². The Morgan fingerprint density at radius 1 is 1.16 bits per heavy atom. The van der Waals surface area contributed by atoms with E-state index in [2.05, 4.69) is 75.3 Å². The summed E-state index contributed by atoms with van der Waals surface area (Å²) < 4.78 is 0. The third-order valence-electron chi connectivity index (χ3n) is 4.20. The molecule has 108 valence electrons. The molecule has 0 aromatic heterocycles. The van der Waals surface area contributed by atoms with Gasteiger partial charge in [0.15, 0.2) is 0 Å². The second kappa shape index (κ2) is 7.66. The van der Waals surface area contributed by atoms with Crippen molar-refractivity contribution in [3.63, 3.8) is 0 Å². The summed E-state index contributed by atoms with van der Waals surface area (Å²) in [5, 5.41) is 3.67. The third-order valence-corrected chi connectivity index (χ3v) is 4.20. The first kappa shape index (κ1) is 16.2. The Hall–Kier alpha value is -0.860. The number of hydrogen-bond acceptors (Lipinski definition) is 2. The molecular formula is C17H30N2. The lowest BCUT2D eigenvalue weighted by molar-refractivity contribution is 0.135. The van der Waals surface area contributed by atoms with Crippen molar-refractivity contribution < 1.29 is 0 Å². The van der Waals surface area contributed by atoms with E-state index in [0.29, 0.717) is 6.04 Å². The molecule has 0 aliphatic carbocycles. The Balaban J connectivity index is 2.75. The highest BCUT2D eigenvalue weighted by Gasteiger charge is 2.24. The van der Waals surface area contributed by atoms with Crippen molar-refractivity contribution in [2.24, 2.45) is 0 Å². The molecular weight excluding hydrogens is 232 g/mol. The van der Waals surface area contributed by atoms with Crippen LogP contribution in [0.15, 0.2) is 30.3 Å². The summed E-state index contributed by atoms with van der Waals surface area (Å²) in [6.07, 6.45) is 2.34. The fourth-order valence-electron chi connectivity index (χ4n) is 2.08. The van der Waals surface area contributed by atoms with Crippen molar-refractivity contribution in [2.45, 2.75) is 52.1 Å². The zero-order valence-electron chi connectivity index (χ0n) is 13.2. The molecule has 1 N–H and O–H groups in total. The maximum Gasteiger partial charge on any atom is 0.0449 e. The van der Waals surface area contributed by atoms with Gasteiger partial charge in [-0.05, 0) is 45.8 Å². The maximum atomic E-state index is 3.67. The fourth-order valence-corrected chi connectivity index (χ4v) is 2.08. The van der Waals surface area contributed by atoms with Crippen molar-refractivity contribution in [3.05, 3.63) is 35.9 Å². The summed E-state index contributed by atoms with van der Waals surface area (Å²) in [7, 11) is 2.23. The molecule has 2 nitrogen and oxygen atoms in total. The molecule has 1 atom stereocenters. The van der Waals surface area contributed by atoms with Gasteiger partial charge in [-0.25, -0.2) is 0 Å². The summed E-state index contributed by atoms with van der Waals surface area (Å²) in [6, 6.07) is 11.2. The lowest BCUT2D eigenvalue weighted by atomic mass is 9.97. The third kappa shape index (κ3) is 4.96. The lowest BCUT2D eigenvalue weighted by Crippen LogP contribution is -2.45. The van der Waals surface area contributed by atoms with Crippen LogP contribution in [0.25, 0.3) is 0 Å². The van der Waals surface area contributed by atoms with E-state index in [1.54, 1.807) is 0 Å². The Morgan fingerprint density at radius 3 is 2.32 bits per heavy atom. The smallest absolute Gasteiger partial charge is 0.0449 e. The van der Waals surface area contributed by atoms with Crippen LogP contribution in [0.1, 0.15) is 52.1 Å². The van der Waals surface area contributed by atoms with E-state index < -0.39 is 0 Å². The van der Waals surface area contributed by atoms with Gasteiger partial charge in [0.05, 0.1) is 0 Å². The van der Waals surface area contributed by atoms with Crippen LogP contribution in [0, 0.1) is 0 Å². The SMILES string of the molecule is CCCNC(CN(C)C(C)(C)CC)c1ccccc1. The molecule has 0 aliphatic rings. The minimum atomic E-state index is 0.251. The van der Waals surface area contributed by atoms with Crippen LogP contribution in [0.3, 0.4) is 0 Å². The first-order chi connectivity index (χ1) is 9.01. The van der Waals surface area contributed by atoms with Gasteiger partial charge in [0.25, 0.3) is 0 Å². The van der Waals surface area contributed by atoms with Gasteiger partial charge in [0, 0.05) is 18.1 Å². The van der Waals surface area contributed by atoms with E-state index in [1.807, 2.05) is 0 Å². The van der Waals surface area contributed by atoms with Gasteiger partial charge >= 0.3 is 0 Å². The summed E-state index contributed by atoms with van der Waals surface area (Å²) >= 11 is 0. The van der Waals surface area contributed by atoms with Crippen LogP contribution in [0.2, 0.25) is 0 Å². The highest BCUT2D eigenvalue weighted by molar-refractivity contribution is 5.19. The lowest BCUT2D eigenvalue weighted by Gasteiger charge is -2.37. The molecule has 0 saturated heterocycles. The zero-order chi connectivity index (χ0) is 14.3. The van der Waals surface area contributed by atoms with Crippen LogP contribution in [0.5, 0.6) is 0 Å². The Bertz CT molecular complexity index is 346. The van der Waals surface area contributed by atoms with E-state index in [0.717, 1.165) is 13.1 Å². The summed E-state index contributed by atoms with van der Waals surface area (Å²) in [5.74, 6) is 0. The fraction of sp³-hybridized carbons (Fsp3) is 0.647. The molecule has 0 amide bonds. The number of nitrogens with zero attached hydrogens (tertiary/aromatic N) is 1. The van der Waals surface area contributed by atoms with E-state index in [-0.39, 0.29) is 5.54 Å². The topological polar surface area (TPSA) is 15.3 Å². The number of hydrogen-bond donors (Lipinski definition) is 1. The number of benzene rings is 1. The number of rotatable bonds is 8. The van der Waals surface area contributed by atoms with Crippen molar-refractivity contribution in [3.8, 4) is 0 Å². The second-order valence-electron chi connectivity index (χ2n) is 5.96. The van der Waals surface area contributed by atoms with Gasteiger partial charge in [-0.3, -0.25) is 4.90 Å². The Kier molecular flexibility index (Phi) is 6.53. The number of likely N-dealkylation sites (N-methyl/N-ethyl adjacent to an activating group) is 1. The average Bonchev–Trinajstić information content (AvgIpc) is 2.44. The molecule has 2 heteroatoms. The molecule has 0 spiro atoms. The highest BCUT2D eigenvalue weighted by Crippen LogP contribution is 2.21. The Morgan fingerprint density at radius 2 is 1.79 bits per heavy atom. The first-order valence-electron chi connectivity index (χ1n) is 7.50. The van der Waals surface area contributed by atoms with Gasteiger partial charge in [-0.2, -0.15) is 0 Å². The maximum absolute atomic E-state index is 3.67. The van der Waals surface area contributed by atoms with Crippen LogP contribution >= 0.6 is 0 Å². The van der Waals surface area contributed by atoms with Crippen LogP contribution in [-0.4, -0.2) is 30.6 Å². The van der Waals surface area contributed by atoms with E-state index >= 15 is 0 Å². The summed E-state index contributed by atoms with van der Waals surface area (Å²) in [5.41, 5.74) is 1.63. The van der Waals surface area contributed by atoms with Crippen molar-refractivity contribution in [1.82, 2.24) is 10.2 Å². The molecule has 0 radical (unpaired) electrons. The molecule has 0 saturated carbocycles. The van der Waals surface area contributed by atoms with E-state index in [9.17, 15) is 0 Å². The van der Waals surface area contributed by atoms with Gasteiger partial charge in [-0.15, -0.1) is 0 Å². The first-order valence-corrected chi connectivity index (χ1v) is 7.50. The van der Waals surface area contributed by atoms with Gasteiger partial charge in [-0.1, -0.05) is 44.2 Å². The van der Waals surface area contributed by atoms with Crippen molar-refractivity contribution in [1.29, 1.82) is 0 Å². The molecule has 1 unspecified atom stereocenters. The molecule has 0 fully saturated rings. The molecule has 1 rings (SSSR count). The molecule has 19 heavy (non-hydrogen) atoms. The summed E-state index contributed by atoms with van der Waals surface area (Å²) in [6.45, 7) is 11.2.